The molecule has 0 aliphatic carbocycles. The molecular formula is C8H7IN4O2. The molecule has 0 amide bonds. The van der Waals surface area contributed by atoms with Crippen LogP contribution in [0.3, 0.4) is 0 Å². The molecule has 0 fully saturated rings. The maximum atomic E-state index is 11.6. The summed E-state index contributed by atoms with van der Waals surface area (Å²) >= 11 is 1.94. The third kappa shape index (κ3) is 2.22. The Morgan fingerprint density at radius 1 is 1.60 bits per heavy atom. The molecule has 0 aliphatic heterocycles. The fraction of sp³-hybridized carbons (Fsp3) is 0.250. The SMILES string of the molecule is Cc1noc(Cn2cncc(I)c2=O)n1. The molecule has 0 N–H and O–H groups in total. The molecule has 0 saturated heterocycles. The molecule has 0 bridgehead atoms. The van der Waals surface area contributed by atoms with Crippen LogP contribution in [0.15, 0.2) is 21.8 Å². The fourth-order valence-electron chi connectivity index (χ4n) is 1.09. The summed E-state index contributed by atoms with van der Waals surface area (Å²) in [6, 6.07) is 0. The van der Waals surface area contributed by atoms with Gasteiger partial charge < -0.3 is 4.52 Å². The highest BCUT2D eigenvalue weighted by molar-refractivity contribution is 14.1. The molecule has 0 saturated carbocycles. The predicted molar refractivity (Wildman–Crippen MR) is 59.4 cm³/mol. The number of aromatic nitrogens is 4. The van der Waals surface area contributed by atoms with Crippen LogP contribution in [-0.4, -0.2) is 19.7 Å². The minimum Gasteiger partial charge on any atom is -0.337 e. The third-order valence-electron chi connectivity index (χ3n) is 1.73. The van der Waals surface area contributed by atoms with E-state index in [4.69, 9.17) is 4.52 Å². The number of rotatable bonds is 2. The highest BCUT2D eigenvalue weighted by atomic mass is 127. The summed E-state index contributed by atoms with van der Waals surface area (Å²) in [5.41, 5.74) is -0.110. The van der Waals surface area contributed by atoms with E-state index >= 15 is 0 Å². The summed E-state index contributed by atoms with van der Waals surface area (Å²) in [5, 5.41) is 3.64. The van der Waals surface area contributed by atoms with E-state index < -0.39 is 0 Å². The Bertz CT molecular complexity index is 533. The average Bonchev–Trinajstić information content (AvgIpc) is 2.59. The van der Waals surface area contributed by atoms with Gasteiger partial charge in [-0.3, -0.25) is 9.36 Å². The molecule has 0 atom stereocenters. The molecule has 2 aromatic heterocycles. The zero-order chi connectivity index (χ0) is 10.8. The molecule has 2 rings (SSSR count). The van der Waals surface area contributed by atoms with Gasteiger partial charge in [0.15, 0.2) is 5.82 Å². The largest absolute Gasteiger partial charge is 0.337 e. The van der Waals surface area contributed by atoms with Gasteiger partial charge in [-0.1, -0.05) is 5.16 Å². The van der Waals surface area contributed by atoms with Gasteiger partial charge in [-0.05, 0) is 29.5 Å². The lowest BCUT2D eigenvalue weighted by Crippen LogP contribution is -2.23. The van der Waals surface area contributed by atoms with E-state index in [0.29, 0.717) is 15.3 Å². The fourth-order valence-corrected chi connectivity index (χ4v) is 1.56. The topological polar surface area (TPSA) is 73.8 Å². The Kier molecular flexibility index (Phi) is 2.80. The van der Waals surface area contributed by atoms with Crippen LogP contribution >= 0.6 is 22.6 Å². The second-order valence-electron chi connectivity index (χ2n) is 2.91. The van der Waals surface area contributed by atoms with Gasteiger partial charge in [-0.2, -0.15) is 4.98 Å². The lowest BCUT2D eigenvalue weighted by atomic mass is 10.5. The molecule has 0 spiro atoms. The van der Waals surface area contributed by atoms with E-state index in [0.717, 1.165) is 0 Å². The molecule has 0 aliphatic rings. The van der Waals surface area contributed by atoms with Crippen LogP contribution in [0, 0.1) is 10.5 Å². The number of hydrogen-bond donors (Lipinski definition) is 0. The van der Waals surface area contributed by atoms with Crippen LogP contribution in [0.2, 0.25) is 0 Å². The van der Waals surface area contributed by atoms with Gasteiger partial charge in [0.25, 0.3) is 5.56 Å². The second-order valence-corrected chi connectivity index (χ2v) is 4.07. The summed E-state index contributed by atoms with van der Waals surface area (Å²) < 4.78 is 6.90. The van der Waals surface area contributed by atoms with Gasteiger partial charge in [0.05, 0.1) is 9.90 Å². The maximum Gasteiger partial charge on any atom is 0.267 e. The molecule has 2 heterocycles. The predicted octanol–water partition coefficient (Wildman–Crippen LogP) is 0.588. The van der Waals surface area contributed by atoms with Crippen molar-refractivity contribution in [1.29, 1.82) is 0 Å². The smallest absolute Gasteiger partial charge is 0.267 e. The molecule has 7 heteroatoms. The van der Waals surface area contributed by atoms with Crippen molar-refractivity contribution < 1.29 is 4.52 Å². The molecule has 0 unspecified atom stereocenters. The summed E-state index contributed by atoms with van der Waals surface area (Å²) in [5.74, 6) is 0.954. The summed E-state index contributed by atoms with van der Waals surface area (Å²) in [6.07, 6.45) is 2.96. The Labute approximate surface area is 98.5 Å². The highest BCUT2D eigenvalue weighted by Crippen LogP contribution is 1.99. The second kappa shape index (κ2) is 4.09. The molecule has 6 nitrogen and oxygen atoms in total. The van der Waals surface area contributed by atoms with Gasteiger partial charge in [0, 0.05) is 6.20 Å². The van der Waals surface area contributed by atoms with Crippen LogP contribution in [0.1, 0.15) is 11.7 Å². The van der Waals surface area contributed by atoms with Crippen molar-refractivity contribution >= 4 is 22.6 Å². The van der Waals surface area contributed by atoms with Crippen molar-refractivity contribution in [2.24, 2.45) is 0 Å². The first-order valence-corrected chi connectivity index (χ1v) is 5.24. The summed E-state index contributed by atoms with van der Waals surface area (Å²) in [6.45, 7) is 1.98. The Morgan fingerprint density at radius 3 is 3.07 bits per heavy atom. The number of halogens is 1. The monoisotopic (exact) mass is 318 g/mol. The summed E-state index contributed by atoms with van der Waals surface area (Å²) in [4.78, 5) is 19.5. The minimum atomic E-state index is -0.110. The minimum absolute atomic E-state index is 0.110. The van der Waals surface area contributed by atoms with Gasteiger partial charge in [0.2, 0.25) is 5.89 Å². The zero-order valence-corrected chi connectivity index (χ0v) is 10.0. The van der Waals surface area contributed by atoms with Gasteiger partial charge >= 0.3 is 0 Å². The number of aryl methyl sites for hydroxylation is 1. The van der Waals surface area contributed by atoms with Crippen LogP contribution < -0.4 is 5.56 Å². The third-order valence-corrected chi connectivity index (χ3v) is 2.47. The van der Waals surface area contributed by atoms with Crippen molar-refractivity contribution in [3.63, 3.8) is 0 Å². The van der Waals surface area contributed by atoms with Crippen molar-refractivity contribution in [3.8, 4) is 0 Å². The van der Waals surface area contributed by atoms with E-state index in [1.165, 1.54) is 17.1 Å². The first-order chi connectivity index (χ1) is 7.16. The standard InChI is InChI=1S/C8H7IN4O2/c1-5-11-7(15-12-5)3-13-4-10-2-6(9)8(13)14/h2,4H,3H2,1H3. The van der Waals surface area contributed by atoms with Crippen LogP contribution in [-0.2, 0) is 6.54 Å². The lowest BCUT2D eigenvalue weighted by molar-refractivity contribution is 0.365. The molecular weight excluding hydrogens is 311 g/mol. The Morgan fingerprint density at radius 2 is 2.40 bits per heavy atom. The first kappa shape index (κ1) is 10.3. The highest BCUT2D eigenvalue weighted by Gasteiger charge is 2.06. The summed E-state index contributed by atoms with van der Waals surface area (Å²) in [7, 11) is 0. The van der Waals surface area contributed by atoms with Crippen molar-refractivity contribution in [3.05, 3.63) is 38.2 Å². The maximum absolute atomic E-state index is 11.6. The van der Waals surface area contributed by atoms with Crippen molar-refractivity contribution in [1.82, 2.24) is 19.7 Å². The van der Waals surface area contributed by atoms with Crippen LogP contribution in [0.25, 0.3) is 0 Å². The van der Waals surface area contributed by atoms with Gasteiger partial charge in [0.1, 0.15) is 6.54 Å². The van der Waals surface area contributed by atoms with E-state index in [1.807, 2.05) is 22.6 Å². The quantitative estimate of drug-likeness (QED) is 0.758. The Hall–Kier alpha value is -1.25. The number of hydrogen-bond acceptors (Lipinski definition) is 5. The normalized spacial score (nSPS) is 10.5. The van der Waals surface area contributed by atoms with Crippen molar-refractivity contribution in [2.45, 2.75) is 13.5 Å². The van der Waals surface area contributed by atoms with Crippen LogP contribution in [0.4, 0.5) is 0 Å². The zero-order valence-electron chi connectivity index (χ0n) is 7.85. The van der Waals surface area contributed by atoms with E-state index in [9.17, 15) is 4.79 Å². The van der Waals surface area contributed by atoms with Gasteiger partial charge in [-0.15, -0.1) is 0 Å². The first-order valence-electron chi connectivity index (χ1n) is 4.16. The number of nitrogens with zero attached hydrogens (tertiary/aromatic N) is 4. The van der Waals surface area contributed by atoms with E-state index in [1.54, 1.807) is 6.92 Å². The average molecular weight is 318 g/mol. The molecule has 0 aromatic carbocycles. The molecule has 78 valence electrons. The molecule has 15 heavy (non-hydrogen) atoms. The van der Waals surface area contributed by atoms with E-state index in [-0.39, 0.29) is 12.1 Å². The molecule has 2 aromatic rings. The Balaban J connectivity index is 2.32. The van der Waals surface area contributed by atoms with Crippen LogP contribution in [0.5, 0.6) is 0 Å². The van der Waals surface area contributed by atoms with Gasteiger partial charge in [-0.25, -0.2) is 4.98 Å². The van der Waals surface area contributed by atoms with E-state index in [2.05, 4.69) is 15.1 Å². The lowest BCUT2D eigenvalue weighted by Gasteiger charge is -2.00. The van der Waals surface area contributed by atoms with Crippen molar-refractivity contribution in [2.75, 3.05) is 0 Å². The molecule has 0 radical (unpaired) electrons.